The number of fused-ring (bicyclic) bond motifs is 1. The Hall–Kier alpha value is -2.40. The molecule has 1 unspecified atom stereocenters. The molecule has 0 bridgehead atoms. The summed E-state index contributed by atoms with van der Waals surface area (Å²) in [5.41, 5.74) is 0.487. The van der Waals surface area contributed by atoms with Crippen molar-refractivity contribution in [3.63, 3.8) is 0 Å². The van der Waals surface area contributed by atoms with Gasteiger partial charge in [0.15, 0.2) is 0 Å². The summed E-state index contributed by atoms with van der Waals surface area (Å²) >= 11 is 0. The van der Waals surface area contributed by atoms with Crippen molar-refractivity contribution in [2.45, 2.75) is 80.6 Å². The first-order valence-electron chi connectivity index (χ1n) is 11.9. The molecule has 1 atom stereocenters. The Morgan fingerprint density at radius 1 is 0.909 bits per heavy atom. The summed E-state index contributed by atoms with van der Waals surface area (Å²) < 4.78 is 4.76. The number of benzene rings is 2. The zero-order valence-electron chi connectivity index (χ0n) is 21.8. The Labute approximate surface area is 200 Å². The molecular weight excluding hydrogens is 416 g/mol. The van der Waals surface area contributed by atoms with Crippen LogP contribution in [-0.4, -0.2) is 35.4 Å². The average molecular weight is 461 g/mol. The summed E-state index contributed by atoms with van der Waals surface area (Å²) in [4.78, 5) is 21.4. The maximum atomic E-state index is 11.1. The van der Waals surface area contributed by atoms with Crippen LogP contribution in [0.4, 0.5) is 0 Å². The van der Waals surface area contributed by atoms with Gasteiger partial charge < -0.3 is 14.9 Å². The molecule has 0 fully saturated rings. The van der Waals surface area contributed by atoms with E-state index < -0.39 is 16.8 Å². The van der Waals surface area contributed by atoms with Crippen LogP contribution in [0.1, 0.15) is 86.1 Å². The van der Waals surface area contributed by atoms with Crippen molar-refractivity contribution in [2.75, 3.05) is 13.2 Å². The zero-order chi connectivity index (χ0) is 25.7. The fourth-order valence-corrected chi connectivity index (χ4v) is 2.38. The minimum Gasteiger partial charge on any atom is -0.481 e. The molecule has 0 saturated carbocycles. The first-order valence-corrected chi connectivity index (χ1v) is 11.9. The number of aliphatic hydroxyl groups is 1. The van der Waals surface area contributed by atoms with E-state index in [-0.39, 0.29) is 19.2 Å². The van der Waals surface area contributed by atoms with Gasteiger partial charge in [-0.25, -0.2) is 0 Å². The van der Waals surface area contributed by atoms with Crippen LogP contribution in [-0.2, 0) is 14.3 Å². The number of carboxylic acid groups (broad SMARTS) is 1. The number of aliphatic hydroxyl groups excluding tert-OH is 1. The molecule has 0 aliphatic rings. The number of aliphatic carboxylic acids is 1. The van der Waals surface area contributed by atoms with Crippen LogP contribution in [0.5, 0.6) is 0 Å². The van der Waals surface area contributed by atoms with E-state index in [9.17, 15) is 9.59 Å². The Morgan fingerprint density at radius 2 is 1.45 bits per heavy atom. The molecule has 2 aromatic carbocycles. The largest absolute Gasteiger partial charge is 0.481 e. The third-order valence-corrected chi connectivity index (χ3v) is 6.18. The molecule has 2 rings (SSSR count). The van der Waals surface area contributed by atoms with E-state index in [4.69, 9.17) is 14.9 Å². The monoisotopic (exact) mass is 460 g/mol. The van der Waals surface area contributed by atoms with Gasteiger partial charge in [-0.2, -0.15) is 0 Å². The van der Waals surface area contributed by atoms with E-state index in [1.807, 2.05) is 27.7 Å². The maximum absolute atomic E-state index is 11.1. The van der Waals surface area contributed by atoms with Gasteiger partial charge in [0.25, 0.3) is 0 Å². The van der Waals surface area contributed by atoms with Gasteiger partial charge in [-0.15, -0.1) is 0 Å². The van der Waals surface area contributed by atoms with Crippen molar-refractivity contribution in [3.05, 3.63) is 48.0 Å². The molecule has 0 saturated heterocycles. The number of esters is 1. The second-order valence-electron chi connectivity index (χ2n) is 9.56. The topological polar surface area (TPSA) is 83.8 Å². The van der Waals surface area contributed by atoms with Crippen LogP contribution in [0.15, 0.2) is 42.5 Å². The number of hydrogen-bond donors (Lipinski definition) is 2. The molecule has 0 heterocycles. The standard InChI is InChI=1S/C14H16.C8H16O3.C6H12O2/c1-3-11(2)13-9-8-12-6-4-5-7-14(12)10-13;1-4-8(2,3)7(10)11-6-5-9;1-4-6(2,3)5(7)8/h4-11H,3H2,1-2H3;9H,4-6H2,1-3H3;4H2,1-3H3,(H,7,8). The molecule has 0 aliphatic carbocycles. The summed E-state index contributed by atoms with van der Waals surface area (Å²) in [5, 5.41) is 19.5. The lowest BCUT2D eigenvalue weighted by Gasteiger charge is -2.19. The normalized spacial score (nSPS) is 12.0. The fraction of sp³-hybridized carbons (Fsp3) is 0.571. The summed E-state index contributed by atoms with van der Waals surface area (Å²) in [7, 11) is 0. The molecule has 0 aliphatic heterocycles. The molecule has 33 heavy (non-hydrogen) atoms. The van der Waals surface area contributed by atoms with Gasteiger partial charge in [0.05, 0.1) is 17.4 Å². The smallest absolute Gasteiger partial charge is 0.311 e. The van der Waals surface area contributed by atoms with Gasteiger partial charge in [-0.3, -0.25) is 9.59 Å². The lowest BCUT2D eigenvalue weighted by molar-refractivity contribution is -0.155. The lowest BCUT2D eigenvalue weighted by atomic mass is 9.91. The first-order chi connectivity index (χ1) is 15.4. The van der Waals surface area contributed by atoms with Gasteiger partial charge in [-0.05, 0) is 69.2 Å². The summed E-state index contributed by atoms with van der Waals surface area (Å²) in [5.74, 6) is -0.298. The van der Waals surface area contributed by atoms with E-state index in [1.165, 1.54) is 22.8 Å². The lowest BCUT2D eigenvalue weighted by Crippen LogP contribution is -2.26. The van der Waals surface area contributed by atoms with Crippen LogP contribution in [0, 0.1) is 10.8 Å². The molecule has 2 aromatic rings. The zero-order valence-corrected chi connectivity index (χ0v) is 21.8. The van der Waals surface area contributed by atoms with Crippen molar-refractivity contribution in [2.24, 2.45) is 10.8 Å². The van der Waals surface area contributed by atoms with E-state index >= 15 is 0 Å². The Bertz CT molecular complexity index is 854. The van der Waals surface area contributed by atoms with E-state index in [2.05, 4.69) is 56.3 Å². The van der Waals surface area contributed by atoms with Gasteiger partial charge in [0.1, 0.15) is 6.61 Å². The Balaban J connectivity index is 0.000000488. The van der Waals surface area contributed by atoms with Crippen LogP contribution < -0.4 is 0 Å². The van der Waals surface area contributed by atoms with E-state index in [1.54, 1.807) is 13.8 Å². The second-order valence-corrected chi connectivity index (χ2v) is 9.56. The molecule has 0 amide bonds. The average Bonchev–Trinajstić information content (AvgIpc) is 2.82. The quantitative estimate of drug-likeness (QED) is 0.422. The number of carbonyl (C=O) groups is 2. The summed E-state index contributed by atoms with van der Waals surface area (Å²) in [6.07, 6.45) is 2.64. The molecule has 0 aromatic heterocycles. The molecule has 5 nitrogen and oxygen atoms in total. The van der Waals surface area contributed by atoms with Crippen LogP contribution in [0.2, 0.25) is 0 Å². The minimum absolute atomic E-state index is 0.0995. The van der Waals surface area contributed by atoms with Gasteiger partial charge in [0, 0.05) is 0 Å². The number of carboxylic acids is 1. The number of ether oxygens (including phenoxy) is 1. The van der Waals surface area contributed by atoms with Gasteiger partial charge >= 0.3 is 11.9 Å². The molecule has 5 heteroatoms. The molecule has 0 spiro atoms. The molecule has 2 N–H and O–H groups in total. The SMILES string of the molecule is CCC(C)(C)C(=O)O.CCC(C)(C)C(=O)OCCO.CCC(C)c1ccc2ccccc2c1. The van der Waals surface area contributed by atoms with Crippen molar-refractivity contribution >= 4 is 22.7 Å². The highest BCUT2D eigenvalue weighted by molar-refractivity contribution is 5.83. The highest BCUT2D eigenvalue weighted by Gasteiger charge is 2.26. The second kappa shape index (κ2) is 14.7. The summed E-state index contributed by atoms with van der Waals surface area (Å²) in [6, 6.07) is 15.3. The highest BCUT2D eigenvalue weighted by Crippen LogP contribution is 2.23. The van der Waals surface area contributed by atoms with Crippen LogP contribution >= 0.6 is 0 Å². The highest BCUT2D eigenvalue weighted by atomic mass is 16.5. The number of rotatable bonds is 8. The maximum Gasteiger partial charge on any atom is 0.311 e. The van der Waals surface area contributed by atoms with E-state index in [0.29, 0.717) is 12.3 Å². The third kappa shape index (κ3) is 10.8. The predicted molar refractivity (Wildman–Crippen MR) is 136 cm³/mol. The molecule has 186 valence electrons. The van der Waals surface area contributed by atoms with Crippen molar-refractivity contribution in [3.8, 4) is 0 Å². The van der Waals surface area contributed by atoms with Crippen LogP contribution in [0.25, 0.3) is 10.8 Å². The molecular formula is C28H44O5. The Morgan fingerprint density at radius 3 is 1.88 bits per heavy atom. The first kappa shape index (κ1) is 30.6. The third-order valence-electron chi connectivity index (χ3n) is 6.18. The fourth-order valence-electron chi connectivity index (χ4n) is 2.38. The van der Waals surface area contributed by atoms with Gasteiger partial charge in [-0.1, -0.05) is 70.2 Å². The number of hydrogen-bond acceptors (Lipinski definition) is 4. The summed E-state index contributed by atoms with van der Waals surface area (Å²) in [6.45, 7) is 15.4. The Kier molecular flexibility index (Phi) is 13.6. The minimum atomic E-state index is -0.722. The van der Waals surface area contributed by atoms with Gasteiger partial charge in [0.2, 0.25) is 0 Å². The van der Waals surface area contributed by atoms with Crippen molar-refractivity contribution < 1.29 is 24.5 Å². The molecule has 0 radical (unpaired) electrons. The van der Waals surface area contributed by atoms with Crippen molar-refractivity contribution in [1.29, 1.82) is 0 Å². The van der Waals surface area contributed by atoms with Crippen LogP contribution in [0.3, 0.4) is 0 Å². The number of carbonyl (C=O) groups excluding carboxylic acids is 1. The van der Waals surface area contributed by atoms with Crippen molar-refractivity contribution in [1.82, 2.24) is 0 Å². The predicted octanol–water partition coefficient (Wildman–Crippen LogP) is 6.82. The van der Waals surface area contributed by atoms with E-state index in [0.717, 1.165) is 6.42 Å².